The molecule has 0 spiro atoms. The Hall–Kier alpha value is -2.43. The van der Waals surface area contributed by atoms with Crippen molar-refractivity contribution in [2.24, 2.45) is 0 Å². The van der Waals surface area contributed by atoms with E-state index in [1.165, 1.54) is 5.56 Å². The average Bonchev–Trinajstić information content (AvgIpc) is 2.57. The standard InChI is InChI=1S/C22H31N3O2/c1-15-8-9-18(17(10-15)21(2,3)4)27-13-19(26)24-12-16-11-23-14-25-20(16)22(5,6)7/h8-11,14H,12-13H2,1-7H3,(H,24,26). The molecule has 0 saturated heterocycles. The van der Waals surface area contributed by atoms with Crippen LogP contribution in [0.4, 0.5) is 0 Å². The topological polar surface area (TPSA) is 64.1 Å². The van der Waals surface area contributed by atoms with Gasteiger partial charge in [-0.2, -0.15) is 0 Å². The number of hydrogen-bond donors (Lipinski definition) is 1. The summed E-state index contributed by atoms with van der Waals surface area (Å²) in [6, 6.07) is 6.05. The van der Waals surface area contributed by atoms with Gasteiger partial charge in [-0.05, 0) is 24.0 Å². The number of ether oxygens (including phenoxy) is 1. The molecule has 5 heteroatoms. The van der Waals surface area contributed by atoms with E-state index in [2.05, 4.69) is 69.8 Å². The second-order valence-corrected chi connectivity index (χ2v) is 8.96. The van der Waals surface area contributed by atoms with Crippen molar-refractivity contribution in [2.75, 3.05) is 6.61 Å². The van der Waals surface area contributed by atoms with Crippen molar-refractivity contribution in [3.05, 3.63) is 53.1 Å². The smallest absolute Gasteiger partial charge is 0.258 e. The van der Waals surface area contributed by atoms with Crippen LogP contribution in [0.15, 0.2) is 30.7 Å². The van der Waals surface area contributed by atoms with Gasteiger partial charge in [0.25, 0.3) is 5.91 Å². The highest BCUT2D eigenvalue weighted by molar-refractivity contribution is 5.77. The summed E-state index contributed by atoms with van der Waals surface area (Å²) in [4.78, 5) is 20.8. The first-order valence-electron chi connectivity index (χ1n) is 9.28. The summed E-state index contributed by atoms with van der Waals surface area (Å²) in [6.07, 6.45) is 3.30. The average molecular weight is 370 g/mol. The molecule has 0 bridgehead atoms. The van der Waals surface area contributed by atoms with Crippen LogP contribution in [0.5, 0.6) is 5.75 Å². The van der Waals surface area contributed by atoms with Crippen LogP contribution in [0.3, 0.4) is 0 Å². The summed E-state index contributed by atoms with van der Waals surface area (Å²) in [5.74, 6) is 0.584. The van der Waals surface area contributed by atoms with Gasteiger partial charge in [0, 0.05) is 23.7 Å². The van der Waals surface area contributed by atoms with Gasteiger partial charge in [0.05, 0.1) is 5.69 Å². The van der Waals surface area contributed by atoms with Crippen molar-refractivity contribution in [2.45, 2.75) is 65.8 Å². The molecule has 1 aromatic heterocycles. The summed E-state index contributed by atoms with van der Waals surface area (Å²) >= 11 is 0. The summed E-state index contributed by atoms with van der Waals surface area (Å²) < 4.78 is 5.82. The Bertz CT molecular complexity index is 802. The summed E-state index contributed by atoms with van der Waals surface area (Å²) in [6.45, 7) is 15.1. The minimum atomic E-state index is -0.167. The fourth-order valence-electron chi connectivity index (χ4n) is 2.91. The predicted molar refractivity (Wildman–Crippen MR) is 108 cm³/mol. The van der Waals surface area contributed by atoms with Crippen LogP contribution in [-0.4, -0.2) is 22.5 Å². The van der Waals surface area contributed by atoms with Crippen LogP contribution in [0.1, 0.15) is 63.9 Å². The van der Waals surface area contributed by atoms with E-state index in [1.54, 1.807) is 12.5 Å². The minimum absolute atomic E-state index is 0.0231. The Balaban J connectivity index is 2.01. The maximum absolute atomic E-state index is 12.3. The van der Waals surface area contributed by atoms with E-state index in [1.807, 2.05) is 12.1 Å². The van der Waals surface area contributed by atoms with Crippen LogP contribution in [-0.2, 0) is 22.2 Å². The fourth-order valence-corrected chi connectivity index (χ4v) is 2.91. The first-order valence-corrected chi connectivity index (χ1v) is 9.28. The van der Waals surface area contributed by atoms with Gasteiger partial charge in [0.1, 0.15) is 12.1 Å². The van der Waals surface area contributed by atoms with Gasteiger partial charge in [-0.3, -0.25) is 4.79 Å². The number of nitrogens with zero attached hydrogens (tertiary/aromatic N) is 2. The second-order valence-electron chi connectivity index (χ2n) is 8.96. The molecule has 0 aliphatic rings. The molecule has 5 nitrogen and oxygen atoms in total. The summed E-state index contributed by atoms with van der Waals surface area (Å²) in [7, 11) is 0. The number of nitrogens with one attached hydrogen (secondary N) is 1. The van der Waals surface area contributed by atoms with Gasteiger partial charge in [-0.1, -0.05) is 59.2 Å². The first kappa shape index (κ1) is 20.9. The van der Waals surface area contributed by atoms with Crippen LogP contribution >= 0.6 is 0 Å². The Labute approximate surface area is 162 Å². The zero-order valence-corrected chi connectivity index (χ0v) is 17.5. The first-order chi connectivity index (χ1) is 12.5. The van der Waals surface area contributed by atoms with Crippen LogP contribution in [0, 0.1) is 6.92 Å². The van der Waals surface area contributed by atoms with E-state index in [4.69, 9.17) is 4.74 Å². The van der Waals surface area contributed by atoms with E-state index in [0.29, 0.717) is 6.54 Å². The highest BCUT2D eigenvalue weighted by Crippen LogP contribution is 2.32. The lowest BCUT2D eigenvalue weighted by molar-refractivity contribution is -0.123. The quantitative estimate of drug-likeness (QED) is 0.863. The number of rotatable bonds is 5. The van der Waals surface area contributed by atoms with E-state index >= 15 is 0 Å². The lowest BCUT2D eigenvalue weighted by atomic mass is 9.85. The second kappa shape index (κ2) is 8.07. The molecular weight excluding hydrogens is 338 g/mol. The molecule has 1 amide bonds. The SMILES string of the molecule is Cc1ccc(OCC(=O)NCc2cncnc2C(C)(C)C)c(C(C)(C)C)c1. The van der Waals surface area contributed by atoms with Crippen molar-refractivity contribution in [1.29, 1.82) is 0 Å². The third-order valence-corrected chi connectivity index (χ3v) is 4.28. The van der Waals surface area contributed by atoms with Crippen LogP contribution in [0.2, 0.25) is 0 Å². The molecule has 146 valence electrons. The molecule has 0 atom stereocenters. The molecule has 0 aliphatic heterocycles. The largest absolute Gasteiger partial charge is 0.483 e. The Morgan fingerprint density at radius 1 is 1.11 bits per heavy atom. The maximum Gasteiger partial charge on any atom is 0.258 e. The number of carbonyl (C=O) groups excluding carboxylic acids is 1. The molecule has 27 heavy (non-hydrogen) atoms. The number of amides is 1. The van der Waals surface area contributed by atoms with E-state index < -0.39 is 0 Å². The van der Waals surface area contributed by atoms with Crippen molar-refractivity contribution in [1.82, 2.24) is 15.3 Å². The van der Waals surface area contributed by atoms with Crippen LogP contribution in [0.25, 0.3) is 0 Å². The van der Waals surface area contributed by atoms with Gasteiger partial charge in [0.2, 0.25) is 0 Å². The van der Waals surface area contributed by atoms with Crippen molar-refractivity contribution in [3.63, 3.8) is 0 Å². The number of aromatic nitrogens is 2. The number of aryl methyl sites for hydroxylation is 1. The molecule has 0 unspecified atom stereocenters. The van der Waals surface area contributed by atoms with E-state index in [9.17, 15) is 4.79 Å². The predicted octanol–water partition coefficient (Wildman–Crippen LogP) is 4.08. The maximum atomic E-state index is 12.3. The molecule has 1 aromatic carbocycles. The molecule has 1 N–H and O–H groups in total. The number of hydrogen-bond acceptors (Lipinski definition) is 4. The van der Waals surface area contributed by atoms with E-state index in [-0.39, 0.29) is 23.3 Å². The number of carbonyl (C=O) groups is 1. The minimum Gasteiger partial charge on any atom is -0.483 e. The molecule has 2 aromatic rings. The Kier molecular flexibility index (Phi) is 6.24. The Morgan fingerprint density at radius 3 is 2.44 bits per heavy atom. The highest BCUT2D eigenvalue weighted by atomic mass is 16.5. The lowest BCUT2D eigenvalue weighted by Crippen LogP contribution is -2.30. The monoisotopic (exact) mass is 369 g/mol. The van der Waals surface area contributed by atoms with Gasteiger partial charge < -0.3 is 10.1 Å². The molecule has 0 aliphatic carbocycles. The normalized spacial score (nSPS) is 12.0. The molecule has 1 heterocycles. The van der Waals surface area contributed by atoms with Crippen molar-refractivity contribution in [3.8, 4) is 5.75 Å². The third-order valence-electron chi connectivity index (χ3n) is 4.28. The third kappa shape index (κ3) is 5.78. The molecule has 0 saturated carbocycles. The Morgan fingerprint density at radius 2 is 1.81 bits per heavy atom. The molecule has 2 rings (SSSR count). The van der Waals surface area contributed by atoms with Crippen molar-refractivity contribution < 1.29 is 9.53 Å². The highest BCUT2D eigenvalue weighted by Gasteiger charge is 2.21. The van der Waals surface area contributed by atoms with Gasteiger partial charge >= 0.3 is 0 Å². The van der Waals surface area contributed by atoms with E-state index in [0.717, 1.165) is 22.6 Å². The zero-order valence-electron chi connectivity index (χ0n) is 17.5. The fraction of sp³-hybridized carbons (Fsp3) is 0.500. The zero-order chi connectivity index (χ0) is 20.2. The van der Waals surface area contributed by atoms with Crippen LogP contribution < -0.4 is 10.1 Å². The lowest BCUT2D eigenvalue weighted by Gasteiger charge is -2.23. The summed E-state index contributed by atoms with van der Waals surface area (Å²) in [5, 5.41) is 2.91. The van der Waals surface area contributed by atoms with Gasteiger partial charge in [0.15, 0.2) is 6.61 Å². The van der Waals surface area contributed by atoms with Crippen molar-refractivity contribution >= 4 is 5.91 Å². The molecule has 0 radical (unpaired) electrons. The van der Waals surface area contributed by atoms with Gasteiger partial charge in [-0.15, -0.1) is 0 Å². The summed E-state index contributed by atoms with van der Waals surface area (Å²) in [5.41, 5.74) is 3.97. The molecular formula is C22H31N3O2. The van der Waals surface area contributed by atoms with Gasteiger partial charge in [-0.25, -0.2) is 9.97 Å². The molecule has 0 fully saturated rings. The number of benzene rings is 1.